The van der Waals surface area contributed by atoms with E-state index in [0.29, 0.717) is 24.3 Å². The van der Waals surface area contributed by atoms with Crippen molar-refractivity contribution >= 4 is 46.7 Å². The molecule has 1 aliphatic heterocycles. The Hall–Kier alpha value is -2.96. The Morgan fingerprint density at radius 3 is 2.33 bits per heavy atom. The SMILES string of the molecule is O=C(Nc1ccc(N2CCNC2=O)cc1)c1ccc(CSc2ccc(Cl)cc2)cc1. The molecule has 1 saturated heterocycles. The maximum atomic E-state index is 12.5. The fourth-order valence-electron chi connectivity index (χ4n) is 3.10. The summed E-state index contributed by atoms with van der Waals surface area (Å²) in [5.74, 6) is 0.647. The van der Waals surface area contributed by atoms with E-state index < -0.39 is 0 Å². The van der Waals surface area contributed by atoms with Crippen LogP contribution < -0.4 is 15.5 Å². The van der Waals surface area contributed by atoms with Crippen LogP contribution in [0.1, 0.15) is 15.9 Å². The van der Waals surface area contributed by atoms with Crippen molar-refractivity contribution < 1.29 is 9.59 Å². The van der Waals surface area contributed by atoms with E-state index in [-0.39, 0.29) is 11.9 Å². The third kappa shape index (κ3) is 4.96. The first-order chi connectivity index (χ1) is 14.6. The number of carbonyl (C=O) groups excluding carboxylic acids is 2. The fraction of sp³-hybridized carbons (Fsp3) is 0.130. The summed E-state index contributed by atoms with van der Waals surface area (Å²) >= 11 is 7.63. The van der Waals surface area contributed by atoms with Crippen LogP contribution in [0.3, 0.4) is 0 Å². The average Bonchev–Trinajstić information content (AvgIpc) is 3.20. The maximum Gasteiger partial charge on any atom is 0.321 e. The Morgan fingerprint density at radius 2 is 1.70 bits per heavy atom. The Labute approximate surface area is 184 Å². The van der Waals surface area contributed by atoms with Crippen LogP contribution in [0.4, 0.5) is 16.2 Å². The van der Waals surface area contributed by atoms with Crippen molar-refractivity contribution in [3.8, 4) is 0 Å². The zero-order valence-corrected chi connectivity index (χ0v) is 17.7. The molecule has 0 aliphatic carbocycles. The summed E-state index contributed by atoms with van der Waals surface area (Å²) in [5.41, 5.74) is 3.23. The second-order valence-corrected chi connectivity index (χ2v) is 8.31. The molecule has 0 spiro atoms. The number of hydrogen-bond donors (Lipinski definition) is 2. The lowest BCUT2D eigenvalue weighted by atomic mass is 10.1. The molecule has 0 unspecified atom stereocenters. The van der Waals surface area contributed by atoms with E-state index in [2.05, 4.69) is 10.6 Å². The molecule has 3 aromatic carbocycles. The molecule has 0 radical (unpaired) electrons. The van der Waals surface area contributed by atoms with Crippen LogP contribution in [0, 0.1) is 0 Å². The molecule has 152 valence electrons. The van der Waals surface area contributed by atoms with E-state index in [1.807, 2.05) is 60.7 Å². The summed E-state index contributed by atoms with van der Waals surface area (Å²) in [6, 6.07) is 22.5. The van der Waals surface area contributed by atoms with Gasteiger partial charge in [-0.3, -0.25) is 9.69 Å². The molecule has 0 bridgehead atoms. The molecule has 0 aromatic heterocycles. The first-order valence-corrected chi connectivity index (χ1v) is 10.9. The van der Waals surface area contributed by atoms with Crippen molar-refractivity contribution in [2.24, 2.45) is 0 Å². The summed E-state index contributed by atoms with van der Waals surface area (Å²) in [5, 5.41) is 6.39. The van der Waals surface area contributed by atoms with Gasteiger partial charge in [0.15, 0.2) is 0 Å². The minimum atomic E-state index is -0.168. The molecule has 2 N–H and O–H groups in total. The Morgan fingerprint density at radius 1 is 1.00 bits per heavy atom. The van der Waals surface area contributed by atoms with Gasteiger partial charge >= 0.3 is 6.03 Å². The average molecular weight is 438 g/mol. The largest absolute Gasteiger partial charge is 0.336 e. The van der Waals surface area contributed by atoms with Gasteiger partial charge in [0.05, 0.1) is 0 Å². The minimum Gasteiger partial charge on any atom is -0.336 e. The quantitative estimate of drug-likeness (QED) is 0.506. The monoisotopic (exact) mass is 437 g/mol. The van der Waals surface area contributed by atoms with Crippen molar-refractivity contribution in [2.75, 3.05) is 23.3 Å². The predicted octanol–water partition coefficient (Wildman–Crippen LogP) is 5.41. The molecule has 3 aromatic rings. The topological polar surface area (TPSA) is 61.4 Å². The molecule has 1 fully saturated rings. The molecular weight excluding hydrogens is 418 g/mol. The highest BCUT2D eigenvalue weighted by Gasteiger charge is 2.20. The number of thioether (sulfide) groups is 1. The van der Waals surface area contributed by atoms with Crippen LogP contribution in [0.2, 0.25) is 5.02 Å². The van der Waals surface area contributed by atoms with Gasteiger partial charge in [-0.2, -0.15) is 0 Å². The van der Waals surface area contributed by atoms with E-state index in [4.69, 9.17) is 11.6 Å². The number of anilines is 2. The van der Waals surface area contributed by atoms with Gasteiger partial charge in [0.2, 0.25) is 0 Å². The van der Waals surface area contributed by atoms with Gasteiger partial charge in [0.1, 0.15) is 0 Å². The number of urea groups is 1. The summed E-state index contributed by atoms with van der Waals surface area (Å²) in [6.07, 6.45) is 0. The minimum absolute atomic E-state index is 0.0962. The number of carbonyl (C=O) groups is 2. The molecule has 30 heavy (non-hydrogen) atoms. The zero-order chi connectivity index (χ0) is 20.9. The van der Waals surface area contributed by atoms with Crippen molar-refractivity contribution in [3.05, 3.63) is 88.9 Å². The van der Waals surface area contributed by atoms with Crippen LogP contribution >= 0.6 is 23.4 Å². The normalized spacial score (nSPS) is 13.2. The molecule has 1 aliphatic rings. The lowest BCUT2D eigenvalue weighted by Crippen LogP contribution is -2.27. The number of benzene rings is 3. The third-order valence-electron chi connectivity index (χ3n) is 4.73. The first kappa shape index (κ1) is 20.3. The smallest absolute Gasteiger partial charge is 0.321 e. The third-order valence-corrected chi connectivity index (χ3v) is 6.06. The van der Waals surface area contributed by atoms with Crippen molar-refractivity contribution in [1.29, 1.82) is 0 Å². The standard InChI is InChI=1S/C23H20ClN3O2S/c24-18-5-11-21(12-6-18)30-15-16-1-3-17(4-2-16)22(28)26-19-7-9-20(10-8-19)27-14-13-25-23(27)29/h1-12H,13-15H2,(H,25,29)(H,26,28). The second kappa shape index (κ2) is 9.24. The summed E-state index contributed by atoms with van der Waals surface area (Å²) in [6.45, 7) is 1.29. The lowest BCUT2D eigenvalue weighted by Gasteiger charge is -2.14. The molecule has 5 nitrogen and oxygen atoms in total. The number of nitrogens with zero attached hydrogens (tertiary/aromatic N) is 1. The van der Waals surface area contributed by atoms with Crippen molar-refractivity contribution in [3.63, 3.8) is 0 Å². The number of hydrogen-bond acceptors (Lipinski definition) is 3. The second-order valence-electron chi connectivity index (χ2n) is 6.82. The van der Waals surface area contributed by atoms with Gasteiger partial charge in [0, 0.05) is 45.7 Å². The first-order valence-electron chi connectivity index (χ1n) is 9.52. The molecule has 0 atom stereocenters. The summed E-state index contributed by atoms with van der Waals surface area (Å²) in [4.78, 5) is 27.1. The van der Waals surface area contributed by atoms with E-state index in [9.17, 15) is 9.59 Å². The Balaban J connectivity index is 1.33. The van der Waals surface area contributed by atoms with Crippen LogP contribution in [-0.4, -0.2) is 25.0 Å². The highest BCUT2D eigenvalue weighted by atomic mass is 35.5. The molecule has 4 rings (SSSR count). The highest BCUT2D eigenvalue weighted by molar-refractivity contribution is 7.98. The lowest BCUT2D eigenvalue weighted by molar-refractivity contribution is 0.102. The summed E-state index contributed by atoms with van der Waals surface area (Å²) in [7, 11) is 0. The molecule has 0 saturated carbocycles. The number of amides is 3. The molecule has 3 amide bonds. The van der Waals surface area contributed by atoms with Crippen LogP contribution in [0.25, 0.3) is 0 Å². The van der Waals surface area contributed by atoms with Gasteiger partial charge in [-0.15, -0.1) is 11.8 Å². The van der Waals surface area contributed by atoms with Crippen molar-refractivity contribution in [2.45, 2.75) is 10.6 Å². The molecular formula is C23H20ClN3O2S. The molecule has 7 heteroatoms. The van der Waals surface area contributed by atoms with E-state index in [1.54, 1.807) is 28.8 Å². The van der Waals surface area contributed by atoms with Gasteiger partial charge in [-0.25, -0.2) is 4.79 Å². The van der Waals surface area contributed by atoms with Crippen LogP contribution in [0.15, 0.2) is 77.7 Å². The van der Waals surface area contributed by atoms with Crippen LogP contribution in [0.5, 0.6) is 0 Å². The number of nitrogens with one attached hydrogen (secondary N) is 2. The Kier molecular flexibility index (Phi) is 6.26. The van der Waals surface area contributed by atoms with Gasteiger partial charge < -0.3 is 10.6 Å². The Bertz CT molecular complexity index is 1040. The van der Waals surface area contributed by atoms with E-state index in [1.165, 1.54) is 0 Å². The van der Waals surface area contributed by atoms with E-state index >= 15 is 0 Å². The zero-order valence-electron chi connectivity index (χ0n) is 16.1. The molecule has 1 heterocycles. The fourth-order valence-corrected chi connectivity index (χ4v) is 4.08. The number of halogens is 1. The maximum absolute atomic E-state index is 12.5. The highest BCUT2D eigenvalue weighted by Crippen LogP contribution is 2.25. The van der Waals surface area contributed by atoms with E-state index in [0.717, 1.165) is 26.9 Å². The summed E-state index contributed by atoms with van der Waals surface area (Å²) < 4.78 is 0. The van der Waals surface area contributed by atoms with Gasteiger partial charge in [0.25, 0.3) is 5.91 Å². The van der Waals surface area contributed by atoms with Crippen molar-refractivity contribution in [1.82, 2.24) is 5.32 Å². The number of rotatable bonds is 6. The van der Waals surface area contributed by atoms with Crippen LogP contribution in [-0.2, 0) is 5.75 Å². The predicted molar refractivity (Wildman–Crippen MR) is 123 cm³/mol. The van der Waals surface area contributed by atoms with Gasteiger partial charge in [-0.1, -0.05) is 23.7 Å². The van der Waals surface area contributed by atoms with Gasteiger partial charge in [-0.05, 0) is 66.2 Å².